The van der Waals surface area contributed by atoms with Gasteiger partial charge in [0.15, 0.2) is 0 Å². The summed E-state index contributed by atoms with van der Waals surface area (Å²) in [7, 11) is 2.03. The molecule has 4 nitrogen and oxygen atoms in total. The van der Waals surface area contributed by atoms with Crippen LogP contribution in [0.1, 0.15) is 23.3 Å². The zero-order chi connectivity index (χ0) is 13.8. The third kappa shape index (κ3) is 3.42. The molecule has 2 aromatic rings. The fraction of sp³-hybridized carbons (Fsp3) is 0.462. The number of thiazole rings is 1. The summed E-state index contributed by atoms with van der Waals surface area (Å²) in [5.41, 5.74) is 0.931. The molecule has 0 saturated heterocycles. The Morgan fingerprint density at radius 3 is 2.79 bits per heavy atom. The van der Waals surface area contributed by atoms with Crippen LogP contribution >= 0.6 is 22.9 Å². The summed E-state index contributed by atoms with van der Waals surface area (Å²) in [6, 6.07) is 0. The van der Waals surface area contributed by atoms with E-state index in [0.717, 1.165) is 41.6 Å². The highest BCUT2D eigenvalue weighted by Crippen LogP contribution is 2.23. The molecule has 0 N–H and O–H groups in total. The predicted molar refractivity (Wildman–Crippen MR) is 80.2 cm³/mol. The van der Waals surface area contributed by atoms with Crippen molar-refractivity contribution in [1.82, 2.24) is 15.0 Å². The van der Waals surface area contributed by atoms with Crippen LogP contribution in [0.5, 0.6) is 0 Å². The molecule has 0 atom stereocenters. The van der Waals surface area contributed by atoms with Crippen LogP contribution in [0.15, 0.2) is 11.6 Å². The van der Waals surface area contributed by atoms with Crippen LogP contribution in [0.4, 0.5) is 5.82 Å². The van der Waals surface area contributed by atoms with E-state index in [1.54, 1.807) is 11.3 Å². The van der Waals surface area contributed by atoms with Crippen molar-refractivity contribution in [3.8, 4) is 0 Å². The summed E-state index contributed by atoms with van der Waals surface area (Å²) in [6.45, 7) is 4.85. The van der Waals surface area contributed by atoms with E-state index in [1.807, 2.05) is 32.5 Å². The van der Waals surface area contributed by atoms with E-state index >= 15 is 0 Å². The summed E-state index contributed by atoms with van der Waals surface area (Å²) in [6.07, 6.45) is 3.53. The van der Waals surface area contributed by atoms with Gasteiger partial charge in [-0.15, -0.1) is 11.3 Å². The van der Waals surface area contributed by atoms with Gasteiger partial charge in [0.05, 0.1) is 5.01 Å². The van der Waals surface area contributed by atoms with Gasteiger partial charge in [-0.1, -0.05) is 18.5 Å². The van der Waals surface area contributed by atoms with Crippen LogP contribution in [0.2, 0.25) is 5.15 Å². The first-order valence-electron chi connectivity index (χ1n) is 6.24. The molecule has 0 spiro atoms. The van der Waals surface area contributed by atoms with Crippen LogP contribution in [0.25, 0.3) is 0 Å². The average molecular weight is 297 g/mol. The minimum atomic E-state index is 0.544. The zero-order valence-corrected chi connectivity index (χ0v) is 12.9. The third-order valence-electron chi connectivity index (χ3n) is 2.93. The quantitative estimate of drug-likeness (QED) is 0.795. The molecule has 0 bridgehead atoms. The number of halogens is 1. The molecule has 6 heteroatoms. The number of hydrogen-bond donors (Lipinski definition) is 0. The molecule has 0 aromatic carbocycles. The summed E-state index contributed by atoms with van der Waals surface area (Å²) in [5, 5.41) is 3.68. The molecule has 0 unspecified atom stereocenters. The van der Waals surface area contributed by atoms with Crippen molar-refractivity contribution < 1.29 is 0 Å². The smallest absolute Gasteiger partial charge is 0.137 e. The molecular weight excluding hydrogens is 280 g/mol. The Labute approximate surface area is 122 Å². The number of likely N-dealkylation sites (N-methyl/N-ethyl adjacent to an activating group) is 1. The van der Waals surface area contributed by atoms with Gasteiger partial charge in [-0.25, -0.2) is 15.0 Å². The Morgan fingerprint density at radius 1 is 1.37 bits per heavy atom. The van der Waals surface area contributed by atoms with Gasteiger partial charge in [0.1, 0.15) is 16.8 Å². The number of rotatable bonds is 5. The van der Waals surface area contributed by atoms with Crippen LogP contribution < -0.4 is 4.90 Å². The molecule has 0 radical (unpaired) electrons. The highest BCUT2D eigenvalue weighted by Gasteiger charge is 2.12. The van der Waals surface area contributed by atoms with E-state index in [9.17, 15) is 0 Å². The number of hydrogen-bond acceptors (Lipinski definition) is 5. The maximum atomic E-state index is 6.15. The van der Waals surface area contributed by atoms with Crippen LogP contribution in [0.3, 0.4) is 0 Å². The lowest BCUT2D eigenvalue weighted by Gasteiger charge is -2.20. The van der Waals surface area contributed by atoms with Crippen molar-refractivity contribution in [3.05, 3.63) is 33.1 Å². The molecule has 2 heterocycles. The number of aromatic nitrogens is 3. The van der Waals surface area contributed by atoms with Crippen LogP contribution in [0, 0.1) is 6.92 Å². The van der Waals surface area contributed by atoms with Gasteiger partial charge in [-0.2, -0.15) is 0 Å². The SMILES string of the molecule is CCc1nc(Cl)c(C)c(N(C)CCc2nccs2)n1. The van der Waals surface area contributed by atoms with E-state index in [0.29, 0.717) is 5.15 Å². The van der Waals surface area contributed by atoms with E-state index in [4.69, 9.17) is 11.6 Å². The lowest BCUT2D eigenvalue weighted by molar-refractivity contribution is 0.826. The Hall–Kier alpha value is -1.20. The third-order valence-corrected chi connectivity index (χ3v) is 4.14. The minimum absolute atomic E-state index is 0.544. The van der Waals surface area contributed by atoms with Gasteiger partial charge in [0.2, 0.25) is 0 Å². The normalized spacial score (nSPS) is 10.7. The maximum absolute atomic E-state index is 6.15. The number of aryl methyl sites for hydroxylation is 1. The van der Waals surface area contributed by atoms with Crippen molar-refractivity contribution in [2.45, 2.75) is 26.7 Å². The molecule has 0 aliphatic carbocycles. The first-order valence-corrected chi connectivity index (χ1v) is 7.50. The summed E-state index contributed by atoms with van der Waals surface area (Å²) in [4.78, 5) is 15.2. The second-order valence-electron chi connectivity index (χ2n) is 4.33. The summed E-state index contributed by atoms with van der Waals surface area (Å²) >= 11 is 7.83. The van der Waals surface area contributed by atoms with Gasteiger partial charge in [-0.3, -0.25) is 0 Å². The molecular formula is C13H17ClN4S. The Bertz CT molecular complexity index is 542. The second kappa shape index (κ2) is 6.30. The first kappa shape index (κ1) is 14.2. The first-order chi connectivity index (χ1) is 9.11. The zero-order valence-electron chi connectivity index (χ0n) is 11.4. The van der Waals surface area contributed by atoms with Gasteiger partial charge >= 0.3 is 0 Å². The maximum Gasteiger partial charge on any atom is 0.137 e. The van der Waals surface area contributed by atoms with Crippen molar-refractivity contribution in [1.29, 1.82) is 0 Å². The molecule has 2 aromatic heterocycles. The topological polar surface area (TPSA) is 41.9 Å². The Balaban J connectivity index is 2.13. The molecule has 0 saturated carbocycles. The minimum Gasteiger partial charge on any atom is -0.359 e. The molecule has 2 rings (SSSR count). The molecule has 0 aliphatic heterocycles. The summed E-state index contributed by atoms with van der Waals surface area (Å²) < 4.78 is 0. The van der Waals surface area contributed by atoms with Crippen molar-refractivity contribution in [2.75, 3.05) is 18.5 Å². The highest BCUT2D eigenvalue weighted by molar-refractivity contribution is 7.09. The Morgan fingerprint density at radius 2 is 2.16 bits per heavy atom. The average Bonchev–Trinajstić information content (AvgIpc) is 2.92. The van der Waals surface area contributed by atoms with Gasteiger partial charge < -0.3 is 4.90 Å². The largest absolute Gasteiger partial charge is 0.359 e. The van der Waals surface area contributed by atoms with Crippen LogP contribution in [-0.2, 0) is 12.8 Å². The highest BCUT2D eigenvalue weighted by atomic mass is 35.5. The van der Waals surface area contributed by atoms with Gasteiger partial charge in [-0.05, 0) is 6.92 Å². The lowest BCUT2D eigenvalue weighted by Crippen LogP contribution is -2.23. The van der Waals surface area contributed by atoms with E-state index in [1.165, 1.54) is 0 Å². The van der Waals surface area contributed by atoms with Gasteiger partial charge in [0.25, 0.3) is 0 Å². The molecule has 0 amide bonds. The monoisotopic (exact) mass is 296 g/mol. The number of anilines is 1. The van der Waals surface area contributed by atoms with Crippen molar-refractivity contribution >= 4 is 28.8 Å². The second-order valence-corrected chi connectivity index (χ2v) is 5.67. The van der Waals surface area contributed by atoms with Crippen molar-refractivity contribution in [2.24, 2.45) is 0 Å². The molecule has 102 valence electrons. The Kier molecular flexibility index (Phi) is 4.71. The predicted octanol–water partition coefficient (Wildman–Crippen LogP) is 3.14. The molecule has 0 fully saturated rings. The van der Waals surface area contributed by atoms with Gasteiger partial charge in [0, 0.05) is 43.6 Å². The lowest BCUT2D eigenvalue weighted by atomic mass is 10.3. The molecule has 19 heavy (non-hydrogen) atoms. The van der Waals surface area contributed by atoms with E-state index < -0.39 is 0 Å². The van der Waals surface area contributed by atoms with Crippen LogP contribution in [-0.4, -0.2) is 28.5 Å². The number of nitrogens with zero attached hydrogens (tertiary/aromatic N) is 4. The summed E-state index contributed by atoms with van der Waals surface area (Å²) in [5.74, 6) is 1.69. The van der Waals surface area contributed by atoms with Crippen molar-refractivity contribution in [3.63, 3.8) is 0 Å². The van der Waals surface area contributed by atoms with E-state index in [2.05, 4.69) is 19.9 Å². The fourth-order valence-corrected chi connectivity index (χ4v) is 2.59. The standard InChI is InChI=1S/C13H17ClN4S/c1-4-10-16-12(14)9(2)13(17-10)18(3)7-5-11-15-6-8-19-11/h6,8H,4-5,7H2,1-3H3. The fourth-order valence-electron chi connectivity index (χ4n) is 1.80. The van der Waals surface area contributed by atoms with E-state index in [-0.39, 0.29) is 0 Å². The molecule has 0 aliphatic rings.